The molecule has 12 rings (SSSR count). The molecule has 270 valence electrons. The molecular formula is C51H34N4O2. The van der Waals surface area contributed by atoms with Crippen molar-refractivity contribution in [2.45, 2.75) is 12.3 Å². The van der Waals surface area contributed by atoms with Crippen molar-refractivity contribution in [1.29, 1.82) is 0 Å². The largest absolute Gasteiger partial charge is 0.456 e. The number of hydrogen-bond acceptors (Lipinski definition) is 5. The highest BCUT2D eigenvalue weighted by Crippen LogP contribution is 2.41. The van der Waals surface area contributed by atoms with Gasteiger partial charge in [0.15, 0.2) is 0 Å². The highest BCUT2D eigenvalue weighted by molar-refractivity contribution is 6.15. The fourth-order valence-electron chi connectivity index (χ4n) is 8.82. The predicted molar refractivity (Wildman–Crippen MR) is 232 cm³/mol. The van der Waals surface area contributed by atoms with Crippen LogP contribution in [-0.2, 0) is 0 Å². The zero-order valence-corrected chi connectivity index (χ0v) is 30.7. The minimum absolute atomic E-state index is 0.113. The molecule has 0 saturated heterocycles. The molecule has 0 amide bonds. The van der Waals surface area contributed by atoms with Crippen LogP contribution in [0.2, 0.25) is 0 Å². The molecule has 1 aliphatic heterocycles. The van der Waals surface area contributed by atoms with Crippen LogP contribution in [0.25, 0.3) is 82.5 Å². The number of hydrogen-bond donors (Lipinski definition) is 2. The summed E-state index contributed by atoms with van der Waals surface area (Å²) in [5.74, 6) is 0.852. The normalized spacial score (nSPS) is 15.9. The first-order valence-electron chi connectivity index (χ1n) is 19.3. The molecule has 0 bridgehead atoms. The Morgan fingerprint density at radius 2 is 1.16 bits per heavy atom. The number of amidine groups is 1. The van der Waals surface area contributed by atoms with Crippen LogP contribution >= 0.6 is 0 Å². The number of rotatable bonds is 5. The van der Waals surface area contributed by atoms with E-state index in [4.69, 9.17) is 13.8 Å². The van der Waals surface area contributed by atoms with Crippen LogP contribution in [0.15, 0.2) is 196 Å². The smallest absolute Gasteiger partial charge is 0.136 e. The zero-order chi connectivity index (χ0) is 37.5. The van der Waals surface area contributed by atoms with Crippen LogP contribution in [0.4, 0.5) is 0 Å². The lowest BCUT2D eigenvalue weighted by molar-refractivity contribution is 0.409. The molecule has 57 heavy (non-hydrogen) atoms. The first-order chi connectivity index (χ1) is 28.2. The summed E-state index contributed by atoms with van der Waals surface area (Å²) >= 11 is 0. The molecule has 0 spiro atoms. The van der Waals surface area contributed by atoms with Crippen LogP contribution in [-0.4, -0.2) is 10.4 Å². The van der Waals surface area contributed by atoms with Crippen molar-refractivity contribution in [1.82, 2.24) is 15.2 Å². The lowest BCUT2D eigenvalue weighted by atomic mass is 9.97. The molecule has 4 heterocycles. The average molecular weight is 735 g/mol. The molecule has 0 fully saturated rings. The van der Waals surface area contributed by atoms with Gasteiger partial charge >= 0.3 is 0 Å². The van der Waals surface area contributed by atoms with Crippen LogP contribution < -0.4 is 10.6 Å². The van der Waals surface area contributed by atoms with Crippen molar-refractivity contribution in [3.63, 3.8) is 0 Å². The number of nitrogens with zero attached hydrogens (tertiary/aromatic N) is 2. The Bertz CT molecular complexity index is 3320. The van der Waals surface area contributed by atoms with Crippen molar-refractivity contribution in [2.75, 3.05) is 0 Å². The van der Waals surface area contributed by atoms with Gasteiger partial charge in [0.05, 0.1) is 11.0 Å². The van der Waals surface area contributed by atoms with E-state index in [9.17, 15) is 0 Å². The molecule has 11 aromatic rings. The maximum Gasteiger partial charge on any atom is 0.136 e. The minimum atomic E-state index is -0.279. The third-order valence-electron chi connectivity index (χ3n) is 11.5. The predicted octanol–water partition coefficient (Wildman–Crippen LogP) is 12.6. The summed E-state index contributed by atoms with van der Waals surface area (Å²) in [6.45, 7) is 0. The molecule has 6 nitrogen and oxygen atoms in total. The monoisotopic (exact) mass is 734 g/mol. The molecule has 0 aliphatic carbocycles. The minimum Gasteiger partial charge on any atom is -0.456 e. The van der Waals surface area contributed by atoms with Gasteiger partial charge in [-0.2, -0.15) is 0 Å². The molecule has 8 aromatic carbocycles. The fourth-order valence-corrected chi connectivity index (χ4v) is 8.82. The second-order valence-electron chi connectivity index (χ2n) is 14.8. The Morgan fingerprint density at radius 1 is 0.456 bits per heavy atom. The van der Waals surface area contributed by atoms with Crippen LogP contribution in [0.5, 0.6) is 0 Å². The average Bonchev–Trinajstić information content (AvgIpc) is 3.95. The highest BCUT2D eigenvalue weighted by atomic mass is 16.3. The van der Waals surface area contributed by atoms with Gasteiger partial charge in [-0.15, -0.1) is 0 Å². The molecule has 0 saturated carbocycles. The van der Waals surface area contributed by atoms with Crippen molar-refractivity contribution < 1.29 is 8.83 Å². The number of fused-ring (bicyclic) bond motifs is 9. The molecule has 2 unspecified atom stereocenters. The molecular weight excluding hydrogens is 701 g/mol. The maximum atomic E-state index is 6.55. The lowest BCUT2D eigenvalue weighted by Gasteiger charge is -2.32. The summed E-state index contributed by atoms with van der Waals surface area (Å²) in [5, 5.41) is 14.1. The summed E-state index contributed by atoms with van der Waals surface area (Å²) in [6, 6.07) is 63.8. The number of furan rings is 2. The van der Waals surface area contributed by atoms with E-state index in [1.165, 1.54) is 21.8 Å². The van der Waals surface area contributed by atoms with E-state index in [1.807, 2.05) is 24.3 Å². The van der Waals surface area contributed by atoms with Gasteiger partial charge in [-0.3, -0.25) is 5.32 Å². The highest BCUT2D eigenvalue weighted by Gasteiger charge is 2.26. The molecule has 2 N–H and O–H groups in total. The van der Waals surface area contributed by atoms with E-state index in [1.54, 1.807) is 0 Å². The summed E-state index contributed by atoms with van der Waals surface area (Å²) in [5.41, 5.74) is 12.3. The van der Waals surface area contributed by atoms with Gasteiger partial charge in [0, 0.05) is 43.6 Å². The lowest BCUT2D eigenvalue weighted by Crippen LogP contribution is -2.44. The fraction of sp³-hybridized carbons (Fsp3) is 0.0392. The Balaban J connectivity index is 0.960. The topological polar surface area (TPSA) is 67.6 Å². The van der Waals surface area contributed by atoms with Gasteiger partial charge in [0.2, 0.25) is 0 Å². The van der Waals surface area contributed by atoms with Crippen molar-refractivity contribution in [3.05, 3.63) is 199 Å². The van der Waals surface area contributed by atoms with E-state index in [0.29, 0.717) is 0 Å². The van der Waals surface area contributed by atoms with Crippen molar-refractivity contribution in [3.8, 4) is 16.8 Å². The second-order valence-corrected chi connectivity index (χ2v) is 14.8. The quantitative estimate of drug-likeness (QED) is 0.185. The number of aromatic nitrogens is 1. The number of aliphatic imine (C=N–C) groups is 1. The van der Waals surface area contributed by atoms with E-state index in [-0.39, 0.29) is 12.3 Å². The van der Waals surface area contributed by atoms with Crippen molar-refractivity contribution >= 4 is 71.5 Å². The van der Waals surface area contributed by atoms with Gasteiger partial charge in [-0.05, 0) is 76.9 Å². The molecule has 6 heteroatoms. The van der Waals surface area contributed by atoms with Gasteiger partial charge in [-0.25, -0.2) is 4.99 Å². The summed E-state index contributed by atoms with van der Waals surface area (Å²) in [4.78, 5) is 5.16. The number of para-hydroxylation sites is 2. The van der Waals surface area contributed by atoms with E-state index in [2.05, 4.69) is 173 Å². The van der Waals surface area contributed by atoms with Gasteiger partial charge in [0.25, 0.3) is 0 Å². The summed E-state index contributed by atoms with van der Waals surface area (Å²) in [6.07, 6.45) is -0.392. The van der Waals surface area contributed by atoms with E-state index in [0.717, 1.165) is 83.2 Å². The first-order valence-corrected chi connectivity index (χ1v) is 19.3. The molecule has 0 radical (unpaired) electrons. The first kappa shape index (κ1) is 31.9. The Hall–Kier alpha value is -7.41. The summed E-state index contributed by atoms with van der Waals surface area (Å²) in [7, 11) is 0. The maximum absolute atomic E-state index is 6.55. The number of nitrogens with one attached hydrogen (secondary N) is 2. The van der Waals surface area contributed by atoms with Gasteiger partial charge in [-0.1, -0.05) is 127 Å². The third-order valence-corrected chi connectivity index (χ3v) is 11.5. The Morgan fingerprint density at radius 3 is 1.96 bits per heavy atom. The zero-order valence-electron chi connectivity index (χ0n) is 30.7. The SMILES string of the molecule is c1ccc(C2=NC(c3ccc4c(c3)oc3ccc(-c5cccc6oc7ccc(-n8c9ccccc9c9ccccc98)cc7c56)cc34)NC(c3ccccc3)N2)cc1. The Kier molecular flexibility index (Phi) is 7.03. The number of benzene rings is 8. The van der Waals surface area contributed by atoms with E-state index >= 15 is 0 Å². The second kappa shape index (κ2) is 12.6. The molecule has 2 atom stereocenters. The Labute approximate surface area is 327 Å². The standard InChI is InChI=1S/C51H34N4O2/c1-3-12-31(13-4-1)49-52-50(32-14-5-2-6-15-32)54-51(53-49)34-22-25-39-40-28-33(23-26-44(40)57-47(39)29-34)36-18-11-21-46-48(36)41-30-35(24-27-45(41)56-46)55-42-19-9-7-16-37(42)38-17-8-10-20-43(38)55/h1-30,49,51,53H,(H,52,54). The van der Waals surface area contributed by atoms with Gasteiger partial charge in [0.1, 0.15) is 40.5 Å². The van der Waals surface area contributed by atoms with Crippen molar-refractivity contribution in [2.24, 2.45) is 4.99 Å². The van der Waals surface area contributed by atoms with Gasteiger partial charge < -0.3 is 18.7 Å². The summed E-state index contributed by atoms with van der Waals surface area (Å²) < 4.78 is 15.4. The van der Waals surface area contributed by atoms with Crippen LogP contribution in [0, 0.1) is 0 Å². The van der Waals surface area contributed by atoms with Crippen LogP contribution in [0.3, 0.4) is 0 Å². The third kappa shape index (κ3) is 5.12. The molecule has 3 aromatic heterocycles. The van der Waals surface area contributed by atoms with E-state index < -0.39 is 0 Å². The van der Waals surface area contributed by atoms with Crippen LogP contribution in [0.1, 0.15) is 29.0 Å². The molecule has 1 aliphatic rings.